The molecule has 0 atom stereocenters. The lowest BCUT2D eigenvalue weighted by Gasteiger charge is -2.26. The summed E-state index contributed by atoms with van der Waals surface area (Å²) in [5, 5.41) is 6.85. The number of aryl methyl sites for hydroxylation is 1. The van der Waals surface area contributed by atoms with Crippen LogP contribution in [0.15, 0.2) is 12.1 Å². The quantitative estimate of drug-likeness (QED) is 0.856. The Labute approximate surface area is 114 Å². The molecule has 0 radical (unpaired) electrons. The van der Waals surface area contributed by atoms with Crippen LogP contribution in [0, 0.1) is 12.8 Å². The molecular weight excluding hydrogens is 236 g/mol. The second kappa shape index (κ2) is 5.33. The number of piperidine rings is 1. The largest absolute Gasteiger partial charge is 0.384 e. The van der Waals surface area contributed by atoms with E-state index < -0.39 is 0 Å². The smallest absolute Gasteiger partial charge is 0.166 e. The van der Waals surface area contributed by atoms with Gasteiger partial charge in [0.1, 0.15) is 0 Å². The van der Waals surface area contributed by atoms with Gasteiger partial charge in [0, 0.05) is 24.2 Å². The molecule has 2 aliphatic heterocycles. The van der Waals surface area contributed by atoms with E-state index in [2.05, 4.69) is 23.6 Å². The van der Waals surface area contributed by atoms with Crippen molar-refractivity contribution < 1.29 is 4.79 Å². The molecule has 0 spiro atoms. The molecule has 102 valence electrons. The number of nitrogens with one attached hydrogen (secondary N) is 2. The number of hydrogen-bond donors (Lipinski definition) is 2. The van der Waals surface area contributed by atoms with Crippen LogP contribution in [0.2, 0.25) is 0 Å². The Bertz CT molecular complexity index is 490. The highest BCUT2D eigenvalue weighted by Gasteiger charge is 2.22. The molecule has 0 saturated carbocycles. The second-order valence-corrected chi connectivity index (χ2v) is 5.84. The summed E-state index contributed by atoms with van der Waals surface area (Å²) < 4.78 is 0. The number of carbonyl (C=O) groups excluding carboxylic acids is 1. The molecule has 3 nitrogen and oxygen atoms in total. The summed E-state index contributed by atoms with van der Waals surface area (Å²) in [5.74, 6) is 1.05. The second-order valence-electron chi connectivity index (χ2n) is 5.84. The number of ketones is 1. The van der Waals surface area contributed by atoms with Crippen LogP contribution in [0.25, 0.3) is 0 Å². The third-order valence-corrected chi connectivity index (χ3v) is 4.29. The molecule has 2 N–H and O–H groups in total. The van der Waals surface area contributed by atoms with Gasteiger partial charge in [0.25, 0.3) is 0 Å². The van der Waals surface area contributed by atoms with Gasteiger partial charge in [-0.2, -0.15) is 0 Å². The molecule has 1 saturated heterocycles. The lowest BCUT2D eigenvalue weighted by molar-refractivity contribution is 0.0983. The van der Waals surface area contributed by atoms with Gasteiger partial charge >= 0.3 is 0 Å². The first-order valence-electron chi connectivity index (χ1n) is 7.35. The summed E-state index contributed by atoms with van der Waals surface area (Å²) in [6.45, 7) is 5.14. The van der Waals surface area contributed by atoms with Crippen LogP contribution in [0.4, 0.5) is 5.69 Å². The first-order chi connectivity index (χ1) is 9.24. The van der Waals surface area contributed by atoms with Gasteiger partial charge in [-0.1, -0.05) is 6.07 Å². The Hall–Kier alpha value is -1.35. The van der Waals surface area contributed by atoms with E-state index in [4.69, 9.17) is 0 Å². The van der Waals surface area contributed by atoms with Crippen molar-refractivity contribution in [2.45, 2.75) is 32.6 Å². The first-order valence-corrected chi connectivity index (χ1v) is 7.35. The first kappa shape index (κ1) is 12.7. The summed E-state index contributed by atoms with van der Waals surface area (Å²) in [4.78, 5) is 12.0. The lowest BCUT2D eigenvalue weighted by Crippen LogP contribution is -2.29. The minimum Gasteiger partial charge on any atom is -0.384 e. The van der Waals surface area contributed by atoms with Gasteiger partial charge < -0.3 is 10.6 Å². The van der Waals surface area contributed by atoms with E-state index in [0.717, 1.165) is 43.2 Å². The Morgan fingerprint density at radius 1 is 1.21 bits per heavy atom. The molecule has 0 amide bonds. The zero-order valence-electron chi connectivity index (χ0n) is 11.6. The zero-order valence-corrected chi connectivity index (χ0v) is 11.6. The van der Waals surface area contributed by atoms with Gasteiger partial charge in [0.2, 0.25) is 0 Å². The normalized spacial score (nSPS) is 19.9. The molecule has 1 aromatic rings. The van der Waals surface area contributed by atoms with Gasteiger partial charge in [-0.15, -0.1) is 0 Å². The lowest BCUT2D eigenvalue weighted by atomic mass is 9.87. The van der Waals surface area contributed by atoms with E-state index in [1.165, 1.54) is 24.0 Å². The van der Waals surface area contributed by atoms with Crippen molar-refractivity contribution >= 4 is 11.5 Å². The van der Waals surface area contributed by atoms with Crippen molar-refractivity contribution in [1.82, 2.24) is 5.32 Å². The highest BCUT2D eigenvalue weighted by molar-refractivity contribution is 6.03. The van der Waals surface area contributed by atoms with Crippen molar-refractivity contribution in [3.05, 3.63) is 28.8 Å². The van der Waals surface area contributed by atoms with Crippen molar-refractivity contribution in [2.24, 2.45) is 5.92 Å². The maximum atomic E-state index is 12.0. The molecular formula is C16H22N2O. The molecule has 0 unspecified atom stereocenters. The minimum absolute atomic E-state index is 0.295. The molecule has 1 aromatic carbocycles. The fourth-order valence-electron chi connectivity index (χ4n) is 3.28. The highest BCUT2D eigenvalue weighted by Crippen LogP contribution is 2.31. The highest BCUT2D eigenvalue weighted by atomic mass is 16.1. The Kier molecular flexibility index (Phi) is 3.56. The number of fused-ring (bicyclic) bond motifs is 1. The van der Waals surface area contributed by atoms with Crippen molar-refractivity contribution in [3.63, 3.8) is 0 Å². The average molecular weight is 258 g/mol. The predicted octanol–water partition coefficient (Wildman–Crippen LogP) is 2.54. The molecule has 0 aliphatic carbocycles. The van der Waals surface area contributed by atoms with Crippen molar-refractivity contribution in [1.29, 1.82) is 0 Å². The summed E-state index contributed by atoms with van der Waals surface area (Å²) in [7, 11) is 0. The van der Waals surface area contributed by atoms with Crippen molar-refractivity contribution in [3.8, 4) is 0 Å². The maximum absolute atomic E-state index is 12.0. The van der Waals surface area contributed by atoms with Crippen LogP contribution >= 0.6 is 0 Å². The van der Waals surface area contributed by atoms with E-state index in [-0.39, 0.29) is 0 Å². The van der Waals surface area contributed by atoms with E-state index in [1.807, 2.05) is 6.07 Å². The maximum Gasteiger partial charge on any atom is 0.166 e. The van der Waals surface area contributed by atoms with E-state index in [1.54, 1.807) is 0 Å². The molecule has 3 rings (SSSR count). The summed E-state index contributed by atoms with van der Waals surface area (Å²) in [6, 6.07) is 4.29. The number of anilines is 1. The Balaban J connectivity index is 1.89. The van der Waals surface area contributed by atoms with Crippen LogP contribution in [0.1, 0.15) is 40.7 Å². The van der Waals surface area contributed by atoms with E-state index in [0.29, 0.717) is 12.2 Å². The fraction of sp³-hybridized carbons (Fsp3) is 0.562. The molecule has 2 heterocycles. The van der Waals surface area contributed by atoms with Crippen molar-refractivity contribution in [2.75, 3.05) is 25.0 Å². The van der Waals surface area contributed by atoms with Crippen LogP contribution in [-0.4, -0.2) is 25.4 Å². The molecule has 2 aliphatic rings. The monoisotopic (exact) mass is 258 g/mol. The molecule has 0 aromatic heterocycles. The van der Waals surface area contributed by atoms with E-state index >= 15 is 0 Å². The van der Waals surface area contributed by atoms with Crippen LogP contribution < -0.4 is 10.6 Å². The number of Topliss-reactive ketones (excluding diaryl/α,β-unsaturated/α-hetero) is 1. The Morgan fingerprint density at radius 3 is 2.79 bits per heavy atom. The number of hydrogen-bond acceptors (Lipinski definition) is 3. The summed E-state index contributed by atoms with van der Waals surface area (Å²) >= 11 is 0. The Morgan fingerprint density at radius 2 is 2.00 bits per heavy atom. The van der Waals surface area contributed by atoms with Gasteiger partial charge in [-0.25, -0.2) is 0 Å². The molecule has 3 heteroatoms. The van der Waals surface area contributed by atoms with Gasteiger partial charge in [-0.05, 0) is 62.4 Å². The molecule has 19 heavy (non-hydrogen) atoms. The van der Waals surface area contributed by atoms with Crippen LogP contribution in [-0.2, 0) is 6.42 Å². The number of rotatable bonds is 2. The van der Waals surface area contributed by atoms with Crippen LogP contribution in [0.5, 0.6) is 0 Å². The molecule has 1 fully saturated rings. The average Bonchev–Trinajstić information content (AvgIpc) is 2.41. The van der Waals surface area contributed by atoms with Crippen LogP contribution in [0.3, 0.4) is 0 Å². The molecule has 0 bridgehead atoms. The SMILES string of the molecule is Cc1cc(CC2CCNCC2)c2c(c1)C(=O)CCN2. The minimum atomic E-state index is 0.295. The fourth-order valence-corrected chi connectivity index (χ4v) is 3.28. The predicted molar refractivity (Wildman–Crippen MR) is 77.9 cm³/mol. The van der Waals surface area contributed by atoms with Gasteiger partial charge in [0.15, 0.2) is 5.78 Å². The van der Waals surface area contributed by atoms with Gasteiger partial charge in [-0.3, -0.25) is 4.79 Å². The van der Waals surface area contributed by atoms with E-state index in [9.17, 15) is 4.79 Å². The summed E-state index contributed by atoms with van der Waals surface area (Å²) in [6.07, 6.45) is 4.22. The summed E-state index contributed by atoms with van der Waals surface area (Å²) in [5.41, 5.74) is 4.57. The number of carbonyl (C=O) groups is 1. The number of benzene rings is 1. The topological polar surface area (TPSA) is 41.1 Å². The zero-order chi connectivity index (χ0) is 13.2. The third kappa shape index (κ3) is 2.66. The van der Waals surface area contributed by atoms with Gasteiger partial charge in [0.05, 0.1) is 0 Å². The standard InChI is InChI=1S/C16H22N2O/c1-11-8-13(10-12-2-5-17-6-3-12)16-14(9-11)15(19)4-7-18-16/h8-9,12,17-18H,2-7,10H2,1H3. The third-order valence-electron chi connectivity index (χ3n) is 4.29.